The lowest BCUT2D eigenvalue weighted by atomic mass is 10.1. The number of rotatable bonds is 1. The van der Waals surface area contributed by atoms with Gasteiger partial charge in [0.2, 0.25) is 0 Å². The van der Waals surface area contributed by atoms with E-state index >= 15 is 0 Å². The van der Waals surface area contributed by atoms with E-state index in [9.17, 15) is 8.78 Å². The van der Waals surface area contributed by atoms with Gasteiger partial charge in [0, 0.05) is 37.1 Å². The van der Waals surface area contributed by atoms with Crippen molar-refractivity contribution in [1.29, 1.82) is 0 Å². The Morgan fingerprint density at radius 1 is 1.44 bits per heavy atom. The number of likely N-dealkylation sites (N-methyl/N-ethyl adjacent to an activating group) is 1. The van der Waals surface area contributed by atoms with Crippen LogP contribution in [0.2, 0.25) is 0 Å². The minimum Gasteiger partial charge on any atom is -0.382 e. The van der Waals surface area contributed by atoms with Crippen molar-refractivity contribution >= 4 is 27.3 Å². The zero-order valence-corrected chi connectivity index (χ0v) is 10.7. The van der Waals surface area contributed by atoms with Crippen molar-refractivity contribution in [3.8, 4) is 0 Å². The number of hydrogen-bond acceptors (Lipinski definition) is 2. The molecular formula is C11H13BrF2N2. The molecule has 1 aliphatic rings. The van der Waals surface area contributed by atoms with E-state index < -0.39 is 5.92 Å². The first-order valence-electron chi connectivity index (χ1n) is 5.06. The molecule has 0 aromatic heterocycles. The molecule has 1 heterocycles. The predicted octanol–water partition coefficient (Wildman–Crippen LogP) is 3.42. The van der Waals surface area contributed by atoms with Crippen molar-refractivity contribution in [2.45, 2.75) is 12.8 Å². The van der Waals surface area contributed by atoms with Gasteiger partial charge in [-0.1, -0.05) is 15.9 Å². The molecular weight excluding hydrogens is 278 g/mol. The molecule has 5 heteroatoms. The largest absolute Gasteiger partial charge is 0.382 e. The fraction of sp³-hybridized carbons (Fsp3) is 0.455. The molecule has 0 atom stereocenters. The highest BCUT2D eigenvalue weighted by atomic mass is 79.9. The molecule has 1 aromatic carbocycles. The van der Waals surface area contributed by atoms with Gasteiger partial charge in [0.15, 0.2) is 0 Å². The minimum atomic E-state index is -2.83. The average Bonchev–Trinajstić information content (AvgIpc) is 2.17. The SMILES string of the molecule is CN1CCNc2cc(C(C)(F)F)c(Br)cc21. The lowest BCUT2D eigenvalue weighted by Crippen LogP contribution is -2.30. The first kappa shape index (κ1) is 11.6. The Kier molecular flexibility index (Phi) is 2.82. The minimum absolute atomic E-state index is 0.0223. The molecule has 0 fully saturated rings. The first-order valence-corrected chi connectivity index (χ1v) is 5.86. The van der Waals surface area contributed by atoms with Crippen molar-refractivity contribution in [3.63, 3.8) is 0 Å². The quantitative estimate of drug-likeness (QED) is 0.853. The number of benzene rings is 1. The summed E-state index contributed by atoms with van der Waals surface area (Å²) in [5.41, 5.74) is 1.74. The van der Waals surface area contributed by atoms with Crippen LogP contribution in [-0.4, -0.2) is 20.1 Å². The summed E-state index contributed by atoms with van der Waals surface area (Å²) in [6, 6.07) is 3.27. The molecule has 2 nitrogen and oxygen atoms in total. The van der Waals surface area contributed by atoms with Gasteiger partial charge in [-0.2, -0.15) is 0 Å². The van der Waals surface area contributed by atoms with Crippen molar-refractivity contribution < 1.29 is 8.78 Å². The average molecular weight is 291 g/mol. The Bertz CT molecular complexity index is 415. The molecule has 2 rings (SSSR count). The maximum atomic E-state index is 13.3. The van der Waals surface area contributed by atoms with Gasteiger partial charge in [0.05, 0.1) is 11.4 Å². The Morgan fingerprint density at radius 3 is 2.75 bits per heavy atom. The second-order valence-electron chi connectivity index (χ2n) is 4.09. The third-order valence-electron chi connectivity index (χ3n) is 2.73. The molecule has 1 aromatic rings. The van der Waals surface area contributed by atoms with Gasteiger partial charge in [-0.25, -0.2) is 8.78 Å². The van der Waals surface area contributed by atoms with E-state index in [0.717, 1.165) is 31.4 Å². The van der Waals surface area contributed by atoms with E-state index in [1.54, 1.807) is 6.07 Å². The van der Waals surface area contributed by atoms with Crippen LogP contribution in [0.25, 0.3) is 0 Å². The number of fused-ring (bicyclic) bond motifs is 1. The maximum absolute atomic E-state index is 13.3. The van der Waals surface area contributed by atoms with Crippen molar-refractivity contribution in [2.75, 3.05) is 30.4 Å². The van der Waals surface area contributed by atoms with Crippen molar-refractivity contribution in [3.05, 3.63) is 22.2 Å². The summed E-state index contributed by atoms with van der Waals surface area (Å²) in [6.07, 6.45) is 0. The molecule has 0 saturated carbocycles. The highest BCUT2D eigenvalue weighted by Gasteiger charge is 2.29. The van der Waals surface area contributed by atoms with Crippen molar-refractivity contribution in [2.24, 2.45) is 0 Å². The lowest BCUT2D eigenvalue weighted by molar-refractivity contribution is 0.0167. The number of anilines is 2. The summed E-state index contributed by atoms with van der Waals surface area (Å²) in [5.74, 6) is -2.83. The van der Waals surface area contributed by atoms with Crippen LogP contribution in [0.4, 0.5) is 20.2 Å². The Balaban J connectivity index is 2.53. The van der Waals surface area contributed by atoms with Gasteiger partial charge < -0.3 is 10.2 Å². The molecule has 0 bridgehead atoms. The van der Waals surface area contributed by atoms with Gasteiger partial charge in [0.1, 0.15) is 0 Å². The molecule has 0 aliphatic carbocycles. The normalized spacial score (nSPS) is 15.7. The Hall–Kier alpha value is -0.840. The summed E-state index contributed by atoms with van der Waals surface area (Å²) in [7, 11) is 1.95. The lowest BCUT2D eigenvalue weighted by Gasteiger charge is -2.30. The van der Waals surface area contributed by atoms with Gasteiger partial charge in [-0.3, -0.25) is 0 Å². The number of alkyl halides is 2. The summed E-state index contributed by atoms with van der Waals surface area (Å²) in [4.78, 5) is 2.05. The van der Waals surface area contributed by atoms with E-state index in [4.69, 9.17) is 0 Å². The third kappa shape index (κ3) is 2.00. The third-order valence-corrected chi connectivity index (χ3v) is 3.39. The fourth-order valence-corrected chi connectivity index (χ4v) is 2.51. The van der Waals surface area contributed by atoms with Crippen molar-refractivity contribution in [1.82, 2.24) is 0 Å². The topological polar surface area (TPSA) is 15.3 Å². The number of halogens is 3. The Labute approximate surface area is 102 Å². The van der Waals surface area contributed by atoms with Crippen LogP contribution < -0.4 is 10.2 Å². The highest BCUT2D eigenvalue weighted by molar-refractivity contribution is 9.10. The predicted molar refractivity (Wildman–Crippen MR) is 65.5 cm³/mol. The summed E-state index contributed by atoms with van der Waals surface area (Å²) in [6.45, 7) is 2.56. The van der Waals surface area contributed by atoms with Crippen LogP contribution in [0.3, 0.4) is 0 Å². The summed E-state index contributed by atoms with van der Waals surface area (Å²) in [5, 5.41) is 3.14. The van der Waals surface area contributed by atoms with Crippen LogP contribution in [0.1, 0.15) is 12.5 Å². The Morgan fingerprint density at radius 2 is 2.12 bits per heavy atom. The van der Waals surface area contributed by atoms with E-state index in [1.807, 2.05) is 11.9 Å². The van der Waals surface area contributed by atoms with Crippen LogP contribution in [0, 0.1) is 0 Å². The van der Waals surface area contributed by atoms with E-state index in [1.165, 1.54) is 6.07 Å². The second kappa shape index (κ2) is 3.87. The highest BCUT2D eigenvalue weighted by Crippen LogP contribution is 2.40. The standard InChI is InChI=1S/C11H13BrF2N2/c1-11(13,14)7-5-9-10(6-8(7)12)16(2)4-3-15-9/h5-6,15H,3-4H2,1-2H3. The maximum Gasteiger partial charge on any atom is 0.271 e. The zero-order chi connectivity index (χ0) is 11.9. The van der Waals surface area contributed by atoms with Gasteiger partial charge >= 0.3 is 0 Å². The molecule has 16 heavy (non-hydrogen) atoms. The number of nitrogens with one attached hydrogen (secondary N) is 1. The first-order chi connectivity index (χ1) is 7.39. The monoisotopic (exact) mass is 290 g/mol. The molecule has 0 amide bonds. The smallest absolute Gasteiger partial charge is 0.271 e. The van der Waals surface area contributed by atoms with Gasteiger partial charge in [0.25, 0.3) is 5.92 Å². The van der Waals surface area contributed by atoms with Crippen LogP contribution in [-0.2, 0) is 5.92 Å². The fourth-order valence-electron chi connectivity index (χ4n) is 1.84. The molecule has 0 unspecified atom stereocenters. The van der Waals surface area contributed by atoms with E-state index in [2.05, 4.69) is 21.2 Å². The second-order valence-corrected chi connectivity index (χ2v) is 4.94. The van der Waals surface area contributed by atoms with E-state index in [0.29, 0.717) is 4.47 Å². The van der Waals surface area contributed by atoms with Crippen LogP contribution in [0.15, 0.2) is 16.6 Å². The molecule has 0 saturated heterocycles. The van der Waals surface area contributed by atoms with Gasteiger partial charge in [-0.15, -0.1) is 0 Å². The zero-order valence-electron chi connectivity index (χ0n) is 9.15. The molecule has 0 radical (unpaired) electrons. The molecule has 1 N–H and O–H groups in total. The summed E-state index contributed by atoms with van der Waals surface area (Å²) >= 11 is 3.20. The van der Waals surface area contributed by atoms with Gasteiger partial charge in [-0.05, 0) is 12.1 Å². The van der Waals surface area contributed by atoms with E-state index in [-0.39, 0.29) is 5.56 Å². The molecule has 0 spiro atoms. The van der Waals surface area contributed by atoms with Crippen LogP contribution >= 0.6 is 15.9 Å². The van der Waals surface area contributed by atoms with Crippen LogP contribution in [0.5, 0.6) is 0 Å². The number of hydrogen-bond donors (Lipinski definition) is 1. The molecule has 1 aliphatic heterocycles. The molecule has 88 valence electrons. The summed E-state index contributed by atoms with van der Waals surface area (Å²) < 4.78 is 27.1. The number of nitrogens with zero attached hydrogens (tertiary/aromatic N) is 1.